The van der Waals surface area contributed by atoms with Crippen LogP contribution < -0.4 is 9.47 Å². The summed E-state index contributed by atoms with van der Waals surface area (Å²) in [5.41, 5.74) is 0.412. The van der Waals surface area contributed by atoms with Gasteiger partial charge in [0.1, 0.15) is 11.5 Å². The second-order valence-corrected chi connectivity index (χ2v) is 9.82. The lowest BCUT2D eigenvalue weighted by Gasteiger charge is -2.19. The van der Waals surface area contributed by atoms with E-state index in [0.717, 1.165) is 25.3 Å². The third-order valence-corrected chi connectivity index (χ3v) is 6.84. The molecule has 0 fully saturated rings. The van der Waals surface area contributed by atoms with E-state index in [2.05, 4.69) is 6.92 Å². The average Bonchev–Trinajstić information content (AvgIpc) is 2.99. The smallest absolute Gasteiger partial charge is 0.343 e. The van der Waals surface area contributed by atoms with Crippen molar-refractivity contribution < 1.29 is 38.1 Å². The number of esters is 2. The predicted octanol–water partition coefficient (Wildman–Crippen LogP) is 6.93. The van der Waals surface area contributed by atoms with Crippen molar-refractivity contribution in [2.75, 3.05) is 14.2 Å². The molecule has 218 valence electrons. The minimum Gasteiger partial charge on any atom is -0.497 e. The number of ether oxygens (including phenoxy) is 4. The Morgan fingerprint density at radius 3 is 1.59 bits per heavy atom. The molecule has 1 aliphatic carbocycles. The van der Waals surface area contributed by atoms with Crippen molar-refractivity contribution in [3.63, 3.8) is 0 Å². The molecule has 0 atom stereocenters. The Morgan fingerprint density at radius 2 is 1.10 bits per heavy atom. The fourth-order valence-electron chi connectivity index (χ4n) is 4.44. The lowest BCUT2D eigenvalue weighted by Crippen LogP contribution is -2.25. The number of rotatable bonds is 16. The van der Waals surface area contributed by atoms with Crippen LogP contribution >= 0.6 is 0 Å². The van der Waals surface area contributed by atoms with Gasteiger partial charge >= 0.3 is 11.9 Å². The van der Waals surface area contributed by atoms with Crippen LogP contribution in [0.5, 0.6) is 11.5 Å². The normalized spacial score (nSPS) is 13.1. The summed E-state index contributed by atoms with van der Waals surface area (Å²) < 4.78 is 21.0. The molecule has 0 saturated carbocycles. The first-order valence-electron chi connectivity index (χ1n) is 14.1. The number of Topliss-reactive ketones (excluding diaryl/α,β-unsaturated/α-hetero) is 1. The maximum absolute atomic E-state index is 13.4. The molecule has 0 unspecified atom stereocenters. The number of allylic oxidation sites excluding steroid dienone is 2. The Morgan fingerprint density at radius 1 is 0.634 bits per heavy atom. The maximum Gasteiger partial charge on any atom is 0.343 e. The summed E-state index contributed by atoms with van der Waals surface area (Å²) in [6, 6.07) is 12.4. The van der Waals surface area contributed by atoms with Crippen LogP contribution in [0.4, 0.5) is 0 Å². The molecular formula is C33H38O8. The van der Waals surface area contributed by atoms with Crippen molar-refractivity contribution in [1.29, 1.82) is 0 Å². The van der Waals surface area contributed by atoms with Gasteiger partial charge in [-0.05, 0) is 61.4 Å². The van der Waals surface area contributed by atoms with Gasteiger partial charge in [-0.1, -0.05) is 58.3 Å². The van der Waals surface area contributed by atoms with Gasteiger partial charge in [0.25, 0.3) is 0 Å². The van der Waals surface area contributed by atoms with Crippen molar-refractivity contribution in [1.82, 2.24) is 0 Å². The van der Waals surface area contributed by atoms with Gasteiger partial charge in [0.15, 0.2) is 11.5 Å². The minimum absolute atomic E-state index is 0.0276. The Balaban J connectivity index is 1.72. The molecule has 0 aliphatic heterocycles. The quantitative estimate of drug-likeness (QED) is 0.123. The van der Waals surface area contributed by atoms with E-state index in [1.165, 1.54) is 70.6 Å². The first-order chi connectivity index (χ1) is 19.9. The van der Waals surface area contributed by atoms with Gasteiger partial charge in [-0.3, -0.25) is 9.59 Å². The van der Waals surface area contributed by atoms with Crippen LogP contribution in [0.1, 0.15) is 91.8 Å². The van der Waals surface area contributed by atoms with E-state index in [4.69, 9.17) is 18.9 Å². The number of benzene rings is 2. The summed E-state index contributed by atoms with van der Waals surface area (Å²) in [6.45, 7) is 2.19. The number of ketones is 2. The second kappa shape index (κ2) is 16.2. The van der Waals surface area contributed by atoms with Crippen molar-refractivity contribution in [3.05, 3.63) is 82.8 Å². The fraction of sp³-hybridized carbons (Fsp3) is 0.394. The fourth-order valence-corrected chi connectivity index (χ4v) is 4.44. The van der Waals surface area contributed by atoms with E-state index in [1.54, 1.807) is 24.3 Å². The monoisotopic (exact) mass is 562 g/mol. The SMILES string of the molecule is CCCCCCCCCCCC1=C(OC(=O)c2ccc(OC)cc2)C(=O)C=C(OC(=O)c2ccc(OC)cc2)C1=O. The molecule has 2 aromatic rings. The summed E-state index contributed by atoms with van der Waals surface area (Å²) in [5, 5.41) is 0. The predicted molar refractivity (Wildman–Crippen MR) is 154 cm³/mol. The van der Waals surface area contributed by atoms with Crippen LogP contribution in [0.25, 0.3) is 0 Å². The number of carbonyl (C=O) groups excluding carboxylic acids is 4. The largest absolute Gasteiger partial charge is 0.497 e. The van der Waals surface area contributed by atoms with Gasteiger partial charge in [-0.25, -0.2) is 9.59 Å². The number of methoxy groups -OCH3 is 2. The zero-order chi connectivity index (χ0) is 29.6. The summed E-state index contributed by atoms with van der Waals surface area (Å²) in [6.07, 6.45) is 10.8. The van der Waals surface area contributed by atoms with E-state index >= 15 is 0 Å². The zero-order valence-corrected chi connectivity index (χ0v) is 24.0. The Bertz CT molecular complexity index is 1270. The highest BCUT2D eigenvalue weighted by atomic mass is 16.6. The van der Waals surface area contributed by atoms with Gasteiger partial charge in [0.2, 0.25) is 11.6 Å². The number of hydrogen-bond acceptors (Lipinski definition) is 8. The third-order valence-electron chi connectivity index (χ3n) is 6.84. The lowest BCUT2D eigenvalue weighted by molar-refractivity contribution is -0.119. The molecule has 2 aromatic carbocycles. The first-order valence-corrected chi connectivity index (χ1v) is 14.1. The summed E-state index contributed by atoms with van der Waals surface area (Å²) in [5.74, 6) is -2.55. The van der Waals surface area contributed by atoms with Gasteiger partial charge in [0.05, 0.1) is 30.9 Å². The Labute approximate surface area is 241 Å². The molecule has 0 radical (unpaired) electrons. The van der Waals surface area contributed by atoms with Crippen LogP contribution in [0.3, 0.4) is 0 Å². The molecule has 0 saturated heterocycles. The molecule has 8 nitrogen and oxygen atoms in total. The molecular weight excluding hydrogens is 524 g/mol. The van der Waals surface area contributed by atoms with E-state index in [1.807, 2.05) is 0 Å². The molecule has 0 N–H and O–H groups in total. The average molecular weight is 563 g/mol. The topological polar surface area (TPSA) is 105 Å². The Hall–Kier alpha value is -4.20. The van der Waals surface area contributed by atoms with Crippen molar-refractivity contribution >= 4 is 23.5 Å². The molecule has 0 heterocycles. The van der Waals surface area contributed by atoms with Gasteiger partial charge in [0, 0.05) is 6.08 Å². The van der Waals surface area contributed by atoms with E-state index in [0.29, 0.717) is 17.9 Å². The molecule has 0 bridgehead atoms. The molecule has 0 amide bonds. The van der Waals surface area contributed by atoms with Crippen LogP contribution in [0, 0.1) is 0 Å². The van der Waals surface area contributed by atoms with Crippen molar-refractivity contribution in [2.24, 2.45) is 0 Å². The Kier molecular flexibility index (Phi) is 12.3. The maximum atomic E-state index is 13.4. The zero-order valence-electron chi connectivity index (χ0n) is 24.0. The third kappa shape index (κ3) is 9.17. The number of carbonyl (C=O) groups is 4. The second-order valence-electron chi connectivity index (χ2n) is 9.82. The molecule has 1 aliphatic rings. The van der Waals surface area contributed by atoms with Gasteiger partial charge in [-0.2, -0.15) is 0 Å². The molecule has 0 spiro atoms. The van der Waals surface area contributed by atoms with Crippen LogP contribution in [0.2, 0.25) is 0 Å². The van der Waals surface area contributed by atoms with Crippen LogP contribution in [0.15, 0.2) is 71.7 Å². The van der Waals surface area contributed by atoms with E-state index in [-0.39, 0.29) is 28.9 Å². The molecule has 0 aromatic heterocycles. The highest BCUT2D eigenvalue weighted by Gasteiger charge is 2.33. The minimum atomic E-state index is -0.791. The lowest BCUT2D eigenvalue weighted by atomic mass is 9.94. The molecule has 3 rings (SSSR count). The highest BCUT2D eigenvalue weighted by molar-refractivity contribution is 6.22. The summed E-state index contributed by atoms with van der Waals surface area (Å²) in [4.78, 5) is 52.1. The molecule has 8 heteroatoms. The van der Waals surface area contributed by atoms with Gasteiger partial charge in [-0.15, -0.1) is 0 Å². The van der Waals surface area contributed by atoms with Gasteiger partial charge < -0.3 is 18.9 Å². The van der Waals surface area contributed by atoms with Crippen LogP contribution in [-0.4, -0.2) is 37.7 Å². The van der Waals surface area contributed by atoms with Crippen molar-refractivity contribution in [3.8, 4) is 11.5 Å². The van der Waals surface area contributed by atoms with E-state index < -0.39 is 29.3 Å². The molecule has 41 heavy (non-hydrogen) atoms. The van der Waals surface area contributed by atoms with Crippen LogP contribution in [-0.2, 0) is 19.1 Å². The van der Waals surface area contributed by atoms with E-state index in [9.17, 15) is 19.2 Å². The standard InChI is InChI=1S/C33H38O8/c1-4-5-6-7-8-9-10-11-12-13-27-30(35)29(40-32(36)23-14-18-25(38-2)19-15-23)22-28(34)31(27)41-33(37)24-16-20-26(39-3)21-17-24/h14-22H,4-13H2,1-3H3. The number of unbranched alkanes of at least 4 members (excludes halogenated alkanes) is 8. The summed E-state index contributed by atoms with van der Waals surface area (Å²) >= 11 is 0. The van der Waals surface area contributed by atoms with Crippen molar-refractivity contribution in [2.45, 2.75) is 71.1 Å². The highest BCUT2D eigenvalue weighted by Crippen LogP contribution is 2.28. The first kappa shape index (κ1) is 31.3. The summed E-state index contributed by atoms with van der Waals surface area (Å²) in [7, 11) is 3.01. The number of hydrogen-bond donors (Lipinski definition) is 0.